The zero-order valence-electron chi connectivity index (χ0n) is 9.81. The van der Waals surface area contributed by atoms with E-state index in [0.717, 1.165) is 27.9 Å². The summed E-state index contributed by atoms with van der Waals surface area (Å²) in [5.41, 5.74) is 2.81. The molecule has 17 heavy (non-hydrogen) atoms. The highest BCUT2D eigenvalue weighted by Gasteiger charge is 2.30. The van der Waals surface area contributed by atoms with E-state index in [1.54, 1.807) is 7.11 Å². The number of fused-ring (bicyclic) bond motifs is 1. The van der Waals surface area contributed by atoms with Gasteiger partial charge in [-0.25, -0.2) is 4.98 Å². The van der Waals surface area contributed by atoms with Gasteiger partial charge >= 0.3 is 0 Å². The van der Waals surface area contributed by atoms with Crippen molar-refractivity contribution in [2.45, 2.75) is 25.4 Å². The SMILES string of the molecule is COc1c(C2CC2)nc2ccccc2c1CO. The van der Waals surface area contributed by atoms with Crippen LogP contribution < -0.4 is 4.74 Å². The minimum atomic E-state index is -0.00801. The Kier molecular flexibility index (Phi) is 2.48. The number of hydrogen-bond acceptors (Lipinski definition) is 3. The second-order valence-electron chi connectivity index (χ2n) is 4.46. The van der Waals surface area contributed by atoms with Crippen LogP contribution in [0.1, 0.15) is 30.0 Å². The molecule has 1 saturated carbocycles. The maximum absolute atomic E-state index is 9.57. The van der Waals surface area contributed by atoms with E-state index in [1.807, 2.05) is 24.3 Å². The standard InChI is InChI=1S/C14H15NO2/c1-17-14-11(8-16)10-4-2-3-5-12(10)15-13(14)9-6-7-9/h2-5,9,16H,6-8H2,1H3. The van der Waals surface area contributed by atoms with Gasteiger partial charge in [0.05, 0.1) is 24.9 Å². The van der Waals surface area contributed by atoms with Gasteiger partial charge in [0.2, 0.25) is 0 Å². The molecule has 0 radical (unpaired) electrons. The molecule has 0 unspecified atom stereocenters. The number of aliphatic hydroxyl groups is 1. The van der Waals surface area contributed by atoms with Crippen molar-refractivity contribution in [2.75, 3.05) is 7.11 Å². The lowest BCUT2D eigenvalue weighted by Gasteiger charge is -2.14. The van der Waals surface area contributed by atoms with Gasteiger partial charge in [-0.2, -0.15) is 0 Å². The Morgan fingerprint density at radius 1 is 1.35 bits per heavy atom. The Balaban J connectivity index is 2.33. The topological polar surface area (TPSA) is 42.4 Å². The van der Waals surface area contributed by atoms with Gasteiger partial charge in [0.15, 0.2) is 0 Å². The summed E-state index contributed by atoms with van der Waals surface area (Å²) in [6.07, 6.45) is 2.35. The van der Waals surface area contributed by atoms with E-state index in [0.29, 0.717) is 5.92 Å². The Bertz CT molecular complexity index is 561. The Labute approximate surface area is 100 Å². The molecule has 0 aliphatic heterocycles. The minimum absolute atomic E-state index is 0.00801. The first-order chi connectivity index (χ1) is 8.35. The van der Waals surface area contributed by atoms with Crippen LogP contribution in [0.5, 0.6) is 5.75 Å². The maximum atomic E-state index is 9.57. The van der Waals surface area contributed by atoms with Crippen molar-refractivity contribution in [3.63, 3.8) is 0 Å². The molecule has 1 N–H and O–H groups in total. The summed E-state index contributed by atoms with van der Waals surface area (Å²) in [6.45, 7) is -0.00801. The van der Waals surface area contributed by atoms with Crippen molar-refractivity contribution in [1.29, 1.82) is 0 Å². The van der Waals surface area contributed by atoms with Crippen molar-refractivity contribution in [1.82, 2.24) is 4.98 Å². The molecule has 1 fully saturated rings. The predicted octanol–water partition coefficient (Wildman–Crippen LogP) is 2.61. The molecule has 88 valence electrons. The third kappa shape index (κ3) is 1.67. The molecule has 0 saturated heterocycles. The summed E-state index contributed by atoms with van der Waals surface area (Å²) in [4.78, 5) is 4.68. The first kappa shape index (κ1) is 10.5. The zero-order chi connectivity index (χ0) is 11.8. The molecule has 0 spiro atoms. The van der Waals surface area contributed by atoms with Crippen LogP contribution in [0.25, 0.3) is 10.9 Å². The second-order valence-corrected chi connectivity index (χ2v) is 4.46. The lowest BCUT2D eigenvalue weighted by Crippen LogP contribution is -2.01. The lowest BCUT2D eigenvalue weighted by molar-refractivity contribution is 0.274. The van der Waals surface area contributed by atoms with E-state index in [1.165, 1.54) is 12.8 Å². The number of ether oxygens (including phenoxy) is 1. The summed E-state index contributed by atoms with van der Waals surface area (Å²) in [6, 6.07) is 7.89. The van der Waals surface area contributed by atoms with Crippen molar-refractivity contribution < 1.29 is 9.84 Å². The van der Waals surface area contributed by atoms with E-state index in [9.17, 15) is 5.11 Å². The maximum Gasteiger partial charge on any atom is 0.146 e. The summed E-state index contributed by atoms with van der Waals surface area (Å²) in [5, 5.41) is 10.5. The summed E-state index contributed by atoms with van der Waals surface area (Å²) >= 11 is 0. The van der Waals surface area contributed by atoms with Crippen LogP contribution in [0.4, 0.5) is 0 Å². The van der Waals surface area contributed by atoms with Gasteiger partial charge in [-0.1, -0.05) is 18.2 Å². The van der Waals surface area contributed by atoms with E-state index in [2.05, 4.69) is 4.98 Å². The van der Waals surface area contributed by atoms with Crippen LogP contribution >= 0.6 is 0 Å². The van der Waals surface area contributed by atoms with Crippen LogP contribution in [0.3, 0.4) is 0 Å². The van der Waals surface area contributed by atoms with Gasteiger partial charge in [0.25, 0.3) is 0 Å². The van der Waals surface area contributed by atoms with Gasteiger partial charge in [0.1, 0.15) is 5.75 Å². The number of aromatic nitrogens is 1. The first-order valence-electron chi connectivity index (χ1n) is 5.91. The average Bonchev–Trinajstić information content (AvgIpc) is 3.20. The molecule has 1 aliphatic rings. The molecular weight excluding hydrogens is 214 g/mol. The molecule has 1 heterocycles. The zero-order valence-corrected chi connectivity index (χ0v) is 9.81. The molecule has 1 aromatic heterocycles. The van der Waals surface area contributed by atoms with Gasteiger partial charge in [-0.15, -0.1) is 0 Å². The molecule has 0 bridgehead atoms. The van der Waals surface area contributed by atoms with Crippen molar-refractivity contribution in [3.8, 4) is 5.75 Å². The number of benzene rings is 1. The largest absolute Gasteiger partial charge is 0.494 e. The van der Waals surface area contributed by atoms with Gasteiger partial charge in [-0.3, -0.25) is 0 Å². The Morgan fingerprint density at radius 3 is 2.76 bits per heavy atom. The average molecular weight is 229 g/mol. The first-order valence-corrected chi connectivity index (χ1v) is 5.91. The van der Waals surface area contributed by atoms with Crippen LogP contribution in [-0.2, 0) is 6.61 Å². The smallest absolute Gasteiger partial charge is 0.146 e. The van der Waals surface area contributed by atoms with Gasteiger partial charge in [-0.05, 0) is 18.9 Å². The highest BCUT2D eigenvalue weighted by molar-refractivity contribution is 5.85. The van der Waals surface area contributed by atoms with Gasteiger partial charge < -0.3 is 9.84 Å². The predicted molar refractivity (Wildman–Crippen MR) is 66.2 cm³/mol. The number of aliphatic hydroxyl groups excluding tert-OH is 1. The van der Waals surface area contributed by atoms with Crippen LogP contribution in [0.2, 0.25) is 0 Å². The summed E-state index contributed by atoms with van der Waals surface area (Å²) in [5.74, 6) is 1.29. The minimum Gasteiger partial charge on any atom is -0.494 e. The van der Waals surface area contributed by atoms with Crippen molar-refractivity contribution in [2.24, 2.45) is 0 Å². The third-order valence-electron chi connectivity index (χ3n) is 3.30. The number of methoxy groups -OCH3 is 1. The molecule has 1 aliphatic carbocycles. The number of pyridine rings is 1. The molecular formula is C14H15NO2. The van der Waals surface area contributed by atoms with Crippen LogP contribution in [0, 0.1) is 0 Å². The summed E-state index contributed by atoms with van der Waals surface area (Å²) < 4.78 is 5.45. The van der Waals surface area contributed by atoms with E-state index < -0.39 is 0 Å². The molecule has 3 rings (SSSR count). The third-order valence-corrected chi connectivity index (χ3v) is 3.30. The molecule has 0 amide bonds. The fourth-order valence-electron chi connectivity index (χ4n) is 2.30. The fraction of sp³-hybridized carbons (Fsp3) is 0.357. The van der Waals surface area contributed by atoms with E-state index in [4.69, 9.17) is 4.74 Å². The quantitative estimate of drug-likeness (QED) is 0.879. The Hall–Kier alpha value is -1.61. The van der Waals surface area contributed by atoms with Crippen LogP contribution in [0.15, 0.2) is 24.3 Å². The van der Waals surface area contributed by atoms with Gasteiger partial charge in [0, 0.05) is 16.9 Å². The lowest BCUT2D eigenvalue weighted by atomic mass is 10.0. The molecule has 0 atom stereocenters. The highest BCUT2D eigenvalue weighted by Crippen LogP contribution is 2.45. The van der Waals surface area contributed by atoms with Crippen molar-refractivity contribution >= 4 is 10.9 Å². The number of nitrogens with zero attached hydrogens (tertiary/aromatic N) is 1. The van der Waals surface area contributed by atoms with Crippen LogP contribution in [-0.4, -0.2) is 17.2 Å². The summed E-state index contributed by atoms with van der Waals surface area (Å²) in [7, 11) is 1.65. The number of hydrogen-bond donors (Lipinski definition) is 1. The normalized spacial score (nSPS) is 15.2. The number of rotatable bonds is 3. The monoisotopic (exact) mass is 229 g/mol. The second kappa shape index (κ2) is 4.00. The Morgan fingerprint density at radius 2 is 2.12 bits per heavy atom. The van der Waals surface area contributed by atoms with E-state index >= 15 is 0 Å². The van der Waals surface area contributed by atoms with Crippen molar-refractivity contribution in [3.05, 3.63) is 35.5 Å². The number of para-hydroxylation sites is 1. The van der Waals surface area contributed by atoms with E-state index in [-0.39, 0.29) is 6.61 Å². The molecule has 3 heteroatoms. The molecule has 1 aromatic carbocycles. The molecule has 2 aromatic rings. The highest BCUT2D eigenvalue weighted by atomic mass is 16.5. The fourth-order valence-corrected chi connectivity index (χ4v) is 2.30. The molecule has 3 nitrogen and oxygen atoms in total.